The van der Waals surface area contributed by atoms with Crippen LogP contribution in [0.5, 0.6) is 17.5 Å². The van der Waals surface area contributed by atoms with E-state index in [0.29, 0.717) is 11.6 Å². The van der Waals surface area contributed by atoms with E-state index in [4.69, 9.17) is 9.47 Å². The summed E-state index contributed by atoms with van der Waals surface area (Å²) in [6, 6.07) is 23.6. The second-order valence-corrected chi connectivity index (χ2v) is 6.03. The van der Waals surface area contributed by atoms with E-state index >= 15 is 0 Å². The van der Waals surface area contributed by atoms with Crippen molar-refractivity contribution in [2.45, 2.75) is 6.92 Å². The number of pyridine rings is 1. The molecule has 0 aliphatic carbocycles. The largest absolute Gasteiger partial charge is 0.438 e. The van der Waals surface area contributed by atoms with Crippen molar-refractivity contribution >= 4 is 5.97 Å². The number of esters is 1. The zero-order chi connectivity index (χ0) is 19.3. The van der Waals surface area contributed by atoms with E-state index in [1.807, 2.05) is 55.5 Å². The van der Waals surface area contributed by atoms with Gasteiger partial charge in [-0.15, -0.1) is 0 Å². The number of para-hydroxylation sites is 2. The molecular formula is C22H17N3O3. The van der Waals surface area contributed by atoms with Crippen molar-refractivity contribution in [1.82, 2.24) is 14.8 Å². The Kier molecular flexibility index (Phi) is 4.84. The minimum Gasteiger partial charge on any atom is -0.438 e. The van der Waals surface area contributed by atoms with Crippen LogP contribution < -0.4 is 9.47 Å². The lowest BCUT2D eigenvalue weighted by Crippen LogP contribution is -2.13. The molecule has 6 heteroatoms. The number of rotatable bonds is 5. The summed E-state index contributed by atoms with van der Waals surface area (Å²) in [7, 11) is 0. The van der Waals surface area contributed by atoms with Crippen LogP contribution in [0.25, 0.3) is 5.69 Å². The summed E-state index contributed by atoms with van der Waals surface area (Å²) in [4.78, 5) is 17.0. The van der Waals surface area contributed by atoms with Crippen molar-refractivity contribution in [2.24, 2.45) is 0 Å². The monoisotopic (exact) mass is 371 g/mol. The lowest BCUT2D eigenvalue weighted by atomic mass is 10.2. The zero-order valence-electron chi connectivity index (χ0n) is 15.1. The SMILES string of the molecule is Cc1cc(OC(=O)c2cccnc2Oc2ccccc2)n(-c2ccccc2)n1. The van der Waals surface area contributed by atoms with Crippen molar-refractivity contribution in [1.29, 1.82) is 0 Å². The summed E-state index contributed by atoms with van der Waals surface area (Å²) in [6.45, 7) is 1.84. The Morgan fingerprint density at radius 1 is 0.929 bits per heavy atom. The quantitative estimate of drug-likeness (QED) is 0.480. The molecule has 0 spiro atoms. The molecule has 4 aromatic rings. The summed E-state index contributed by atoms with van der Waals surface area (Å²) >= 11 is 0. The molecule has 2 aromatic carbocycles. The molecule has 0 aliphatic rings. The number of carbonyl (C=O) groups is 1. The van der Waals surface area contributed by atoms with Gasteiger partial charge in [-0.2, -0.15) is 5.10 Å². The Labute approximate surface area is 162 Å². The maximum absolute atomic E-state index is 12.8. The van der Waals surface area contributed by atoms with Gasteiger partial charge in [0, 0.05) is 12.3 Å². The molecule has 138 valence electrons. The third-order valence-corrected chi connectivity index (χ3v) is 3.95. The number of benzene rings is 2. The fourth-order valence-electron chi connectivity index (χ4n) is 2.68. The van der Waals surface area contributed by atoms with Gasteiger partial charge in [-0.1, -0.05) is 36.4 Å². The molecule has 0 radical (unpaired) electrons. The van der Waals surface area contributed by atoms with Gasteiger partial charge in [0.25, 0.3) is 0 Å². The average Bonchev–Trinajstić information content (AvgIpc) is 3.10. The van der Waals surface area contributed by atoms with Crippen LogP contribution in [-0.4, -0.2) is 20.7 Å². The van der Waals surface area contributed by atoms with E-state index in [9.17, 15) is 4.79 Å². The predicted molar refractivity (Wildman–Crippen MR) is 104 cm³/mol. The number of hydrogen-bond donors (Lipinski definition) is 0. The Morgan fingerprint density at radius 3 is 2.39 bits per heavy atom. The van der Waals surface area contributed by atoms with Crippen LogP contribution in [0.1, 0.15) is 16.1 Å². The van der Waals surface area contributed by atoms with E-state index in [1.54, 1.807) is 41.2 Å². The Morgan fingerprint density at radius 2 is 1.64 bits per heavy atom. The predicted octanol–water partition coefficient (Wildman–Crippen LogP) is 4.59. The highest BCUT2D eigenvalue weighted by molar-refractivity contribution is 5.93. The smallest absolute Gasteiger partial charge is 0.350 e. The molecule has 6 nitrogen and oxygen atoms in total. The molecule has 0 fully saturated rings. The maximum Gasteiger partial charge on any atom is 0.350 e. The second kappa shape index (κ2) is 7.75. The first kappa shape index (κ1) is 17.5. The van der Waals surface area contributed by atoms with Crippen LogP contribution in [0.4, 0.5) is 0 Å². The molecule has 28 heavy (non-hydrogen) atoms. The van der Waals surface area contributed by atoms with Gasteiger partial charge < -0.3 is 9.47 Å². The molecule has 0 saturated heterocycles. The fraction of sp³-hybridized carbons (Fsp3) is 0.0455. The number of aromatic nitrogens is 3. The highest BCUT2D eigenvalue weighted by Gasteiger charge is 2.19. The summed E-state index contributed by atoms with van der Waals surface area (Å²) < 4.78 is 13.0. The van der Waals surface area contributed by atoms with Gasteiger partial charge in [-0.3, -0.25) is 0 Å². The minimum atomic E-state index is -0.573. The van der Waals surface area contributed by atoms with Crippen LogP contribution in [-0.2, 0) is 0 Å². The van der Waals surface area contributed by atoms with Gasteiger partial charge in [-0.25, -0.2) is 14.5 Å². The molecule has 0 bridgehead atoms. The third-order valence-electron chi connectivity index (χ3n) is 3.95. The lowest BCUT2D eigenvalue weighted by Gasteiger charge is -2.10. The van der Waals surface area contributed by atoms with Gasteiger partial charge in [-0.05, 0) is 43.3 Å². The number of nitrogens with zero attached hydrogens (tertiary/aromatic N) is 3. The first-order valence-corrected chi connectivity index (χ1v) is 8.73. The molecular weight excluding hydrogens is 354 g/mol. The van der Waals surface area contributed by atoms with Crippen LogP contribution >= 0.6 is 0 Å². The van der Waals surface area contributed by atoms with Crippen molar-refractivity contribution in [3.05, 3.63) is 96.3 Å². The van der Waals surface area contributed by atoms with Gasteiger partial charge in [0.15, 0.2) is 0 Å². The van der Waals surface area contributed by atoms with Crippen LogP contribution in [0.2, 0.25) is 0 Å². The first-order chi connectivity index (χ1) is 13.7. The van der Waals surface area contributed by atoms with E-state index in [-0.39, 0.29) is 11.4 Å². The highest BCUT2D eigenvalue weighted by Crippen LogP contribution is 2.25. The van der Waals surface area contributed by atoms with Crippen LogP contribution in [0.15, 0.2) is 85.1 Å². The van der Waals surface area contributed by atoms with Gasteiger partial charge in [0.05, 0.1) is 11.4 Å². The topological polar surface area (TPSA) is 66.2 Å². The van der Waals surface area contributed by atoms with Crippen molar-refractivity contribution in [3.8, 4) is 23.2 Å². The Hall–Kier alpha value is -3.93. The Balaban J connectivity index is 1.62. The van der Waals surface area contributed by atoms with Crippen LogP contribution in [0, 0.1) is 6.92 Å². The lowest BCUT2D eigenvalue weighted by molar-refractivity contribution is 0.0719. The van der Waals surface area contributed by atoms with E-state index in [0.717, 1.165) is 11.4 Å². The van der Waals surface area contributed by atoms with E-state index < -0.39 is 5.97 Å². The molecule has 0 amide bonds. The fourth-order valence-corrected chi connectivity index (χ4v) is 2.68. The van der Waals surface area contributed by atoms with Gasteiger partial charge in [0.2, 0.25) is 11.8 Å². The molecule has 0 N–H and O–H groups in total. The van der Waals surface area contributed by atoms with E-state index in [2.05, 4.69) is 10.1 Å². The molecule has 0 unspecified atom stereocenters. The Bertz CT molecular complexity index is 1090. The summed E-state index contributed by atoms with van der Waals surface area (Å²) in [5.74, 6) is 0.515. The van der Waals surface area contributed by atoms with Crippen molar-refractivity contribution in [2.75, 3.05) is 0 Å². The summed E-state index contributed by atoms with van der Waals surface area (Å²) in [6.07, 6.45) is 1.56. The van der Waals surface area contributed by atoms with Crippen molar-refractivity contribution < 1.29 is 14.3 Å². The summed E-state index contributed by atoms with van der Waals surface area (Å²) in [5, 5.41) is 4.41. The standard InChI is InChI=1S/C22H17N3O3/c1-16-15-20(25(24-16)17-9-4-2-5-10-17)28-22(26)19-13-8-14-23-21(19)27-18-11-6-3-7-12-18/h2-15H,1H3. The molecule has 0 atom stereocenters. The minimum absolute atomic E-state index is 0.182. The normalized spacial score (nSPS) is 10.5. The molecule has 2 aromatic heterocycles. The van der Waals surface area contributed by atoms with Gasteiger partial charge in [0.1, 0.15) is 11.3 Å². The van der Waals surface area contributed by atoms with Crippen LogP contribution in [0.3, 0.4) is 0 Å². The third kappa shape index (κ3) is 3.76. The van der Waals surface area contributed by atoms with E-state index in [1.165, 1.54) is 0 Å². The zero-order valence-corrected chi connectivity index (χ0v) is 15.1. The molecule has 4 rings (SSSR count). The van der Waals surface area contributed by atoms with Gasteiger partial charge >= 0.3 is 5.97 Å². The summed E-state index contributed by atoms with van der Waals surface area (Å²) in [5.41, 5.74) is 1.76. The van der Waals surface area contributed by atoms with Crippen molar-refractivity contribution in [3.63, 3.8) is 0 Å². The molecule has 2 heterocycles. The highest BCUT2D eigenvalue weighted by atomic mass is 16.5. The number of hydrogen-bond acceptors (Lipinski definition) is 5. The number of carbonyl (C=O) groups excluding carboxylic acids is 1. The average molecular weight is 371 g/mol. The number of ether oxygens (including phenoxy) is 2. The first-order valence-electron chi connectivity index (χ1n) is 8.73. The second-order valence-electron chi connectivity index (χ2n) is 6.03. The molecule has 0 aliphatic heterocycles. The molecule has 0 saturated carbocycles. The number of aryl methyl sites for hydroxylation is 1. The maximum atomic E-state index is 12.8.